The summed E-state index contributed by atoms with van der Waals surface area (Å²) in [6, 6.07) is 13.3. The number of hydrogen-bond donors (Lipinski definition) is 1. The van der Waals surface area contributed by atoms with Crippen LogP contribution >= 0.6 is 0 Å². The molecule has 0 aliphatic carbocycles. The summed E-state index contributed by atoms with van der Waals surface area (Å²) in [5, 5.41) is 6.73. The van der Waals surface area contributed by atoms with Gasteiger partial charge in [0.15, 0.2) is 0 Å². The van der Waals surface area contributed by atoms with Gasteiger partial charge in [0.2, 0.25) is 6.10 Å². The molecule has 0 spiro atoms. The molecule has 3 rings (SSSR count). The number of rotatable bonds is 6. The zero-order valence-corrected chi connectivity index (χ0v) is 13.9. The molecule has 25 heavy (non-hydrogen) atoms. The summed E-state index contributed by atoms with van der Waals surface area (Å²) in [6.07, 6.45) is 0.407. The molecule has 1 N–H and O–H groups in total. The highest BCUT2D eigenvalue weighted by atomic mass is 19.1. The number of carbonyl (C=O) groups excluding carboxylic acids is 1. The standard InChI is InChI=1S/C19H19FN2O3/c1-2-10-24-17-9-4-3-8-15(17)21-19(23)18-12-16(22-25-18)13-6-5-7-14(20)11-13/h3-9,11,18H,2,10,12H2,1H3,(H,21,23)/t18-/m1/s1. The van der Waals surface area contributed by atoms with Crippen LogP contribution in [0, 0.1) is 5.82 Å². The van der Waals surface area contributed by atoms with Crippen molar-refractivity contribution in [3.05, 3.63) is 59.9 Å². The van der Waals surface area contributed by atoms with Crippen LogP contribution in [-0.4, -0.2) is 24.3 Å². The van der Waals surface area contributed by atoms with E-state index in [1.54, 1.807) is 24.3 Å². The van der Waals surface area contributed by atoms with Gasteiger partial charge in [-0.3, -0.25) is 4.79 Å². The molecule has 0 aromatic heterocycles. The van der Waals surface area contributed by atoms with Crippen molar-refractivity contribution in [2.24, 2.45) is 5.16 Å². The van der Waals surface area contributed by atoms with E-state index < -0.39 is 6.10 Å². The molecule has 0 saturated carbocycles. The van der Waals surface area contributed by atoms with Gasteiger partial charge >= 0.3 is 0 Å². The van der Waals surface area contributed by atoms with Gasteiger partial charge in [0, 0.05) is 12.0 Å². The van der Waals surface area contributed by atoms with Crippen molar-refractivity contribution in [1.82, 2.24) is 0 Å². The Labute approximate surface area is 145 Å². The van der Waals surface area contributed by atoms with Crippen LogP contribution in [0.1, 0.15) is 25.3 Å². The number of halogens is 1. The van der Waals surface area contributed by atoms with Gasteiger partial charge in [-0.05, 0) is 30.7 Å². The minimum Gasteiger partial charge on any atom is -0.491 e. The second-order valence-electron chi connectivity index (χ2n) is 5.68. The molecule has 5 nitrogen and oxygen atoms in total. The highest BCUT2D eigenvalue weighted by Gasteiger charge is 2.29. The monoisotopic (exact) mass is 342 g/mol. The molecule has 1 atom stereocenters. The summed E-state index contributed by atoms with van der Waals surface area (Å²) >= 11 is 0. The molecule has 130 valence electrons. The summed E-state index contributed by atoms with van der Waals surface area (Å²) in [7, 11) is 0. The van der Waals surface area contributed by atoms with Crippen molar-refractivity contribution in [1.29, 1.82) is 0 Å². The van der Waals surface area contributed by atoms with Gasteiger partial charge in [0.1, 0.15) is 11.6 Å². The predicted molar refractivity (Wildman–Crippen MR) is 93.3 cm³/mol. The normalized spacial score (nSPS) is 16.1. The lowest BCUT2D eigenvalue weighted by Gasteiger charge is -2.13. The van der Waals surface area contributed by atoms with Crippen LogP contribution in [0.3, 0.4) is 0 Å². The lowest BCUT2D eigenvalue weighted by molar-refractivity contribution is -0.125. The van der Waals surface area contributed by atoms with Crippen LogP contribution in [0.4, 0.5) is 10.1 Å². The van der Waals surface area contributed by atoms with Gasteiger partial charge in [-0.1, -0.05) is 36.3 Å². The average molecular weight is 342 g/mol. The van der Waals surface area contributed by atoms with Gasteiger partial charge in [-0.15, -0.1) is 0 Å². The first-order chi connectivity index (χ1) is 12.2. The fraction of sp³-hybridized carbons (Fsp3) is 0.263. The largest absolute Gasteiger partial charge is 0.491 e. The third kappa shape index (κ3) is 4.15. The molecule has 2 aromatic carbocycles. The lowest BCUT2D eigenvalue weighted by atomic mass is 10.0. The zero-order valence-electron chi connectivity index (χ0n) is 13.9. The lowest BCUT2D eigenvalue weighted by Crippen LogP contribution is -2.28. The van der Waals surface area contributed by atoms with Crippen molar-refractivity contribution in [2.75, 3.05) is 11.9 Å². The molecule has 1 heterocycles. The first-order valence-corrected chi connectivity index (χ1v) is 8.18. The average Bonchev–Trinajstić information content (AvgIpc) is 3.11. The van der Waals surface area contributed by atoms with Gasteiger partial charge in [0.25, 0.3) is 5.91 Å². The van der Waals surface area contributed by atoms with E-state index in [1.807, 2.05) is 19.1 Å². The minimum atomic E-state index is -0.752. The van der Waals surface area contributed by atoms with E-state index in [0.717, 1.165) is 6.42 Å². The van der Waals surface area contributed by atoms with Crippen LogP contribution in [0.5, 0.6) is 5.75 Å². The van der Waals surface area contributed by atoms with Crippen molar-refractivity contribution in [3.63, 3.8) is 0 Å². The number of nitrogens with zero attached hydrogens (tertiary/aromatic N) is 1. The van der Waals surface area contributed by atoms with Crippen LogP contribution in [0.15, 0.2) is 53.7 Å². The van der Waals surface area contributed by atoms with Crippen molar-refractivity contribution < 1.29 is 18.8 Å². The molecule has 0 fully saturated rings. The fourth-order valence-electron chi connectivity index (χ4n) is 2.48. The highest BCUT2D eigenvalue weighted by Crippen LogP contribution is 2.25. The summed E-state index contributed by atoms with van der Waals surface area (Å²) in [5.74, 6) is -0.0558. The fourth-order valence-corrected chi connectivity index (χ4v) is 2.48. The molecular weight excluding hydrogens is 323 g/mol. The van der Waals surface area contributed by atoms with E-state index in [2.05, 4.69) is 10.5 Å². The molecule has 0 radical (unpaired) electrons. The Bertz CT molecular complexity index is 792. The molecule has 1 aliphatic rings. The number of nitrogens with one attached hydrogen (secondary N) is 1. The second-order valence-corrected chi connectivity index (χ2v) is 5.68. The second kappa shape index (κ2) is 7.79. The maximum absolute atomic E-state index is 13.3. The Hall–Kier alpha value is -2.89. The number of benzene rings is 2. The van der Waals surface area contributed by atoms with Gasteiger partial charge < -0.3 is 14.9 Å². The van der Waals surface area contributed by atoms with Gasteiger partial charge in [0.05, 0.1) is 18.0 Å². The number of oxime groups is 1. The Kier molecular flexibility index (Phi) is 5.28. The van der Waals surface area contributed by atoms with E-state index in [1.165, 1.54) is 12.1 Å². The maximum atomic E-state index is 13.3. The summed E-state index contributed by atoms with van der Waals surface area (Å²) < 4.78 is 18.9. The van der Waals surface area contributed by atoms with E-state index in [0.29, 0.717) is 29.3 Å². The highest BCUT2D eigenvalue weighted by molar-refractivity contribution is 6.06. The van der Waals surface area contributed by atoms with Gasteiger partial charge in [-0.25, -0.2) is 4.39 Å². The predicted octanol–water partition coefficient (Wildman–Crippen LogP) is 3.75. The quantitative estimate of drug-likeness (QED) is 0.870. The van der Waals surface area contributed by atoms with Crippen LogP contribution in [0.25, 0.3) is 0 Å². The minimum absolute atomic E-state index is 0.285. The van der Waals surface area contributed by atoms with Crippen LogP contribution in [-0.2, 0) is 9.63 Å². The number of ether oxygens (including phenoxy) is 1. The van der Waals surface area contributed by atoms with E-state index in [4.69, 9.17) is 9.57 Å². The third-order valence-corrected chi connectivity index (χ3v) is 3.73. The SMILES string of the molecule is CCCOc1ccccc1NC(=O)[C@H]1CC(c2cccc(F)c2)=NO1. The number of carbonyl (C=O) groups is 1. The smallest absolute Gasteiger partial charge is 0.268 e. The number of para-hydroxylation sites is 2. The van der Waals surface area contributed by atoms with E-state index in [-0.39, 0.29) is 18.1 Å². The number of anilines is 1. The molecular formula is C19H19FN2O3. The zero-order chi connectivity index (χ0) is 17.6. The summed E-state index contributed by atoms with van der Waals surface area (Å²) in [4.78, 5) is 17.7. The molecule has 1 aliphatic heterocycles. The van der Waals surface area contributed by atoms with Crippen LogP contribution < -0.4 is 10.1 Å². The van der Waals surface area contributed by atoms with Gasteiger partial charge in [-0.2, -0.15) is 0 Å². The summed E-state index contributed by atoms with van der Waals surface area (Å²) in [5.41, 5.74) is 1.75. The van der Waals surface area contributed by atoms with E-state index >= 15 is 0 Å². The molecule has 0 unspecified atom stereocenters. The Morgan fingerprint density at radius 1 is 1.32 bits per heavy atom. The Balaban J connectivity index is 1.64. The Morgan fingerprint density at radius 3 is 2.96 bits per heavy atom. The molecule has 6 heteroatoms. The third-order valence-electron chi connectivity index (χ3n) is 3.73. The Morgan fingerprint density at radius 2 is 2.16 bits per heavy atom. The number of hydrogen-bond acceptors (Lipinski definition) is 4. The van der Waals surface area contributed by atoms with Crippen molar-refractivity contribution in [2.45, 2.75) is 25.9 Å². The first-order valence-electron chi connectivity index (χ1n) is 8.18. The summed E-state index contributed by atoms with van der Waals surface area (Å²) in [6.45, 7) is 2.58. The topological polar surface area (TPSA) is 59.9 Å². The molecule has 0 saturated heterocycles. The molecule has 2 aromatic rings. The van der Waals surface area contributed by atoms with Crippen molar-refractivity contribution in [3.8, 4) is 5.75 Å². The molecule has 0 bridgehead atoms. The number of amides is 1. The maximum Gasteiger partial charge on any atom is 0.268 e. The van der Waals surface area contributed by atoms with Crippen LogP contribution in [0.2, 0.25) is 0 Å². The van der Waals surface area contributed by atoms with Crippen molar-refractivity contribution >= 4 is 17.3 Å². The van der Waals surface area contributed by atoms with E-state index in [9.17, 15) is 9.18 Å². The molecule has 1 amide bonds. The first kappa shape index (κ1) is 17.0.